The van der Waals surface area contributed by atoms with Crippen LogP contribution in [0.3, 0.4) is 0 Å². The molecule has 1 saturated heterocycles. The summed E-state index contributed by atoms with van der Waals surface area (Å²) in [7, 11) is 1.75. The zero-order chi connectivity index (χ0) is 25.0. The van der Waals surface area contributed by atoms with Gasteiger partial charge < -0.3 is 19.9 Å². The SMILES string of the molecule is COc1ccccc1CN1CCC(Nc2nc(NC3CCCCC3)nc3c2ncn3C2CCCC2)CC1. The van der Waals surface area contributed by atoms with Gasteiger partial charge in [0.1, 0.15) is 5.75 Å². The normalized spacial score (nSPS) is 20.5. The molecule has 1 aromatic carbocycles. The number of rotatable bonds is 8. The van der Waals surface area contributed by atoms with Gasteiger partial charge in [-0.15, -0.1) is 0 Å². The molecule has 2 aliphatic carbocycles. The predicted octanol–water partition coefficient (Wildman–Crippen LogP) is 5.77. The Balaban J connectivity index is 1.18. The minimum Gasteiger partial charge on any atom is -0.496 e. The number of benzene rings is 1. The number of hydrogen-bond donors (Lipinski definition) is 2. The van der Waals surface area contributed by atoms with E-state index in [1.54, 1.807) is 7.11 Å². The molecule has 3 heterocycles. The van der Waals surface area contributed by atoms with Gasteiger partial charge in [-0.3, -0.25) is 4.90 Å². The van der Waals surface area contributed by atoms with Crippen LogP contribution in [0.15, 0.2) is 30.6 Å². The van der Waals surface area contributed by atoms with Crippen molar-refractivity contribution in [2.45, 2.75) is 95.3 Å². The maximum absolute atomic E-state index is 5.56. The Kier molecular flexibility index (Phi) is 7.44. The van der Waals surface area contributed by atoms with E-state index in [1.165, 1.54) is 63.4 Å². The van der Waals surface area contributed by atoms with Crippen molar-refractivity contribution >= 4 is 22.9 Å². The number of para-hydroxylation sites is 1. The molecular weight excluding hydrogens is 462 g/mol. The van der Waals surface area contributed by atoms with E-state index in [4.69, 9.17) is 19.7 Å². The topological polar surface area (TPSA) is 80.1 Å². The molecule has 2 aromatic heterocycles. The van der Waals surface area contributed by atoms with Crippen LogP contribution >= 0.6 is 0 Å². The lowest BCUT2D eigenvalue weighted by molar-refractivity contribution is 0.209. The number of anilines is 2. The fourth-order valence-electron chi connectivity index (χ4n) is 6.46. The molecule has 0 spiro atoms. The smallest absolute Gasteiger partial charge is 0.227 e. The number of likely N-dealkylation sites (tertiary alicyclic amines) is 1. The molecule has 198 valence electrons. The van der Waals surface area contributed by atoms with E-state index in [0.29, 0.717) is 18.1 Å². The Morgan fingerprint density at radius 2 is 1.59 bits per heavy atom. The van der Waals surface area contributed by atoms with Gasteiger partial charge in [-0.25, -0.2) is 4.98 Å². The Morgan fingerprint density at radius 3 is 2.38 bits per heavy atom. The zero-order valence-corrected chi connectivity index (χ0v) is 22.2. The summed E-state index contributed by atoms with van der Waals surface area (Å²) in [5, 5.41) is 7.47. The van der Waals surface area contributed by atoms with E-state index >= 15 is 0 Å². The molecular formula is C29H41N7O. The molecule has 2 N–H and O–H groups in total. The molecule has 3 fully saturated rings. The number of nitrogens with zero attached hydrogens (tertiary/aromatic N) is 5. The van der Waals surface area contributed by atoms with Crippen molar-refractivity contribution in [3.05, 3.63) is 36.2 Å². The van der Waals surface area contributed by atoms with Crippen LogP contribution < -0.4 is 15.4 Å². The maximum atomic E-state index is 5.56. The number of ether oxygens (including phenoxy) is 1. The van der Waals surface area contributed by atoms with Gasteiger partial charge in [0.2, 0.25) is 5.95 Å². The molecule has 0 radical (unpaired) electrons. The van der Waals surface area contributed by atoms with Gasteiger partial charge in [-0.05, 0) is 44.6 Å². The summed E-state index contributed by atoms with van der Waals surface area (Å²) >= 11 is 0. The van der Waals surface area contributed by atoms with Crippen LogP contribution in [0.4, 0.5) is 11.8 Å². The van der Waals surface area contributed by atoms with Crippen molar-refractivity contribution < 1.29 is 4.74 Å². The van der Waals surface area contributed by atoms with E-state index in [1.807, 2.05) is 18.5 Å². The van der Waals surface area contributed by atoms with Gasteiger partial charge in [0.15, 0.2) is 17.0 Å². The number of imidazole rings is 1. The summed E-state index contributed by atoms with van der Waals surface area (Å²) in [6.07, 6.45) is 15.5. The molecule has 8 nitrogen and oxygen atoms in total. The zero-order valence-electron chi connectivity index (χ0n) is 22.2. The predicted molar refractivity (Wildman–Crippen MR) is 148 cm³/mol. The van der Waals surface area contributed by atoms with E-state index < -0.39 is 0 Å². The first-order chi connectivity index (χ1) is 18.3. The molecule has 37 heavy (non-hydrogen) atoms. The monoisotopic (exact) mass is 503 g/mol. The second kappa shape index (κ2) is 11.3. The van der Waals surface area contributed by atoms with E-state index in [9.17, 15) is 0 Å². The van der Waals surface area contributed by atoms with Crippen molar-refractivity contribution in [3.8, 4) is 5.75 Å². The van der Waals surface area contributed by atoms with Gasteiger partial charge in [-0.1, -0.05) is 50.3 Å². The molecule has 0 amide bonds. The third-order valence-electron chi connectivity index (χ3n) is 8.59. The lowest BCUT2D eigenvalue weighted by Gasteiger charge is -2.33. The van der Waals surface area contributed by atoms with E-state index in [0.717, 1.165) is 61.2 Å². The summed E-state index contributed by atoms with van der Waals surface area (Å²) in [5.74, 6) is 2.63. The fraction of sp³-hybridized carbons (Fsp3) is 0.621. The number of aromatic nitrogens is 4. The molecule has 0 bridgehead atoms. The van der Waals surface area contributed by atoms with Gasteiger partial charge in [-0.2, -0.15) is 9.97 Å². The quantitative estimate of drug-likeness (QED) is 0.404. The summed E-state index contributed by atoms with van der Waals surface area (Å²) in [4.78, 5) is 17.4. The molecule has 3 aliphatic rings. The average Bonchev–Trinajstić information content (AvgIpc) is 3.61. The highest BCUT2D eigenvalue weighted by atomic mass is 16.5. The van der Waals surface area contributed by atoms with Crippen molar-refractivity contribution in [2.24, 2.45) is 0 Å². The molecule has 6 rings (SSSR count). The summed E-state index contributed by atoms with van der Waals surface area (Å²) in [5.41, 5.74) is 3.15. The van der Waals surface area contributed by atoms with Gasteiger partial charge in [0.05, 0.1) is 13.4 Å². The van der Waals surface area contributed by atoms with Crippen molar-refractivity contribution in [1.29, 1.82) is 0 Å². The number of methoxy groups -OCH3 is 1. The Bertz CT molecular complexity index is 1170. The summed E-state index contributed by atoms with van der Waals surface area (Å²) in [6, 6.07) is 9.71. The Labute approximate surface area is 220 Å². The molecule has 0 unspecified atom stereocenters. The average molecular weight is 504 g/mol. The highest BCUT2D eigenvalue weighted by Crippen LogP contribution is 2.34. The van der Waals surface area contributed by atoms with E-state index in [2.05, 4.69) is 32.2 Å². The summed E-state index contributed by atoms with van der Waals surface area (Å²) < 4.78 is 7.88. The first-order valence-corrected chi connectivity index (χ1v) is 14.4. The van der Waals surface area contributed by atoms with Gasteiger partial charge >= 0.3 is 0 Å². The molecule has 8 heteroatoms. The van der Waals surface area contributed by atoms with Gasteiger partial charge in [0.25, 0.3) is 0 Å². The highest BCUT2D eigenvalue weighted by Gasteiger charge is 2.25. The fourth-order valence-corrected chi connectivity index (χ4v) is 6.46. The van der Waals surface area contributed by atoms with Crippen LogP contribution in [-0.2, 0) is 6.54 Å². The largest absolute Gasteiger partial charge is 0.496 e. The Hall–Kier alpha value is -2.87. The first kappa shape index (κ1) is 24.5. The highest BCUT2D eigenvalue weighted by molar-refractivity contribution is 5.84. The molecule has 1 aliphatic heterocycles. The summed E-state index contributed by atoms with van der Waals surface area (Å²) in [6.45, 7) is 3.02. The second-order valence-electron chi connectivity index (χ2n) is 11.1. The van der Waals surface area contributed by atoms with Crippen LogP contribution in [0.5, 0.6) is 5.75 Å². The van der Waals surface area contributed by atoms with Crippen molar-refractivity contribution in [2.75, 3.05) is 30.8 Å². The van der Waals surface area contributed by atoms with Crippen LogP contribution in [0, 0.1) is 0 Å². The number of piperidine rings is 1. The lowest BCUT2D eigenvalue weighted by Crippen LogP contribution is -2.39. The van der Waals surface area contributed by atoms with Crippen LogP contribution in [0.2, 0.25) is 0 Å². The molecule has 0 atom stereocenters. The number of hydrogen-bond acceptors (Lipinski definition) is 7. The number of nitrogens with one attached hydrogen (secondary N) is 2. The third kappa shape index (κ3) is 5.54. The lowest BCUT2D eigenvalue weighted by atomic mass is 9.96. The maximum Gasteiger partial charge on any atom is 0.227 e. The Morgan fingerprint density at radius 1 is 0.865 bits per heavy atom. The van der Waals surface area contributed by atoms with E-state index in [-0.39, 0.29) is 0 Å². The van der Waals surface area contributed by atoms with Crippen LogP contribution in [0.1, 0.15) is 82.2 Å². The molecule has 3 aromatic rings. The standard InChI is InChI=1S/C29H41N7O/c1-37-25-14-8-5-9-21(25)19-35-17-15-23(16-18-35)31-27-26-28(36(20-30-26)24-12-6-7-13-24)34-29(33-27)32-22-10-3-2-4-11-22/h5,8-9,14,20,22-24H,2-4,6-7,10-13,15-19H2,1H3,(H2,31,32,33,34). The minimum atomic E-state index is 0.381. The first-order valence-electron chi connectivity index (χ1n) is 14.4. The second-order valence-corrected chi connectivity index (χ2v) is 11.1. The minimum absolute atomic E-state index is 0.381. The van der Waals surface area contributed by atoms with Crippen LogP contribution in [0.25, 0.3) is 11.2 Å². The van der Waals surface area contributed by atoms with Crippen molar-refractivity contribution in [1.82, 2.24) is 24.4 Å². The number of fused-ring (bicyclic) bond motifs is 1. The van der Waals surface area contributed by atoms with Crippen molar-refractivity contribution in [3.63, 3.8) is 0 Å². The molecule has 2 saturated carbocycles. The van der Waals surface area contributed by atoms with Gasteiger partial charge in [0, 0.05) is 43.3 Å². The van der Waals surface area contributed by atoms with Crippen LogP contribution in [-0.4, -0.2) is 56.7 Å². The third-order valence-corrected chi connectivity index (χ3v) is 8.59.